The molecule has 1 aromatic rings. The highest BCUT2D eigenvalue weighted by Crippen LogP contribution is 2.66. The fourth-order valence-corrected chi connectivity index (χ4v) is 12.5. The molecule has 2 nitrogen and oxygen atoms in total. The minimum atomic E-state index is 0.112. The van der Waals surface area contributed by atoms with Gasteiger partial charge in [-0.3, -0.25) is 0 Å². The Morgan fingerprint density at radius 3 is 1.75 bits per heavy atom. The van der Waals surface area contributed by atoms with Gasteiger partial charge < -0.3 is 10.6 Å². The van der Waals surface area contributed by atoms with Gasteiger partial charge in [-0.05, 0) is 164 Å². The molecule has 4 bridgehead atoms. The van der Waals surface area contributed by atoms with Crippen molar-refractivity contribution in [2.45, 2.75) is 121 Å². The summed E-state index contributed by atoms with van der Waals surface area (Å²) in [6.45, 7) is 19.5. The van der Waals surface area contributed by atoms with Crippen molar-refractivity contribution in [1.29, 1.82) is 0 Å². The van der Waals surface area contributed by atoms with Gasteiger partial charge in [0.15, 0.2) is 0 Å². The maximum absolute atomic E-state index is 3.87. The highest BCUT2D eigenvalue weighted by atomic mass is 31.0. The summed E-state index contributed by atoms with van der Waals surface area (Å²) in [4.78, 5) is 0. The summed E-state index contributed by atoms with van der Waals surface area (Å²) < 4.78 is 0. The maximum atomic E-state index is 3.87. The Bertz CT molecular complexity index is 1040. The van der Waals surface area contributed by atoms with Crippen molar-refractivity contribution in [2.75, 3.05) is 32.3 Å². The number of hydrogen-bond acceptors (Lipinski definition) is 2. The first-order valence-corrected chi connectivity index (χ1v) is 18.4. The third-order valence-corrected chi connectivity index (χ3v) is 14.3. The van der Waals surface area contributed by atoms with Crippen LogP contribution in [0.5, 0.6) is 0 Å². The average Bonchev–Trinajstić information content (AvgIpc) is 2.91. The summed E-state index contributed by atoms with van der Waals surface area (Å²) in [6, 6.07) is 5.67. The van der Waals surface area contributed by atoms with Gasteiger partial charge in [0.2, 0.25) is 0 Å². The van der Waals surface area contributed by atoms with E-state index in [9.17, 15) is 0 Å². The number of piperidine rings is 2. The molecule has 4 aliphatic carbocycles. The van der Waals surface area contributed by atoms with Crippen LogP contribution in [0.4, 0.5) is 0 Å². The first kappa shape index (κ1) is 30.0. The zero-order valence-corrected chi connectivity index (χ0v) is 29.0. The summed E-state index contributed by atoms with van der Waals surface area (Å²) in [5, 5.41) is 7.85. The minimum absolute atomic E-state index is 0.112. The van der Waals surface area contributed by atoms with Crippen LogP contribution < -0.4 is 10.6 Å². The first-order chi connectivity index (χ1) is 18.9. The lowest BCUT2D eigenvalue weighted by atomic mass is 9.43. The first-order valence-electron chi connectivity index (χ1n) is 17.0. The van der Waals surface area contributed by atoms with Gasteiger partial charge >= 0.3 is 0 Å². The van der Waals surface area contributed by atoms with Crippen LogP contribution in [0.1, 0.15) is 122 Å². The predicted molar refractivity (Wildman–Crippen MR) is 180 cm³/mol. The molecule has 2 saturated heterocycles. The van der Waals surface area contributed by atoms with E-state index < -0.39 is 0 Å². The summed E-state index contributed by atoms with van der Waals surface area (Å²) in [5.41, 5.74) is 7.40. The molecule has 7 atom stereocenters. The molecule has 4 heteroatoms. The molecule has 0 amide bonds. The summed E-state index contributed by atoms with van der Waals surface area (Å²) in [7, 11) is 6.90. The van der Waals surface area contributed by atoms with Crippen molar-refractivity contribution in [2.24, 2.45) is 35.5 Å². The molecule has 0 aromatic heterocycles. The Kier molecular flexibility index (Phi) is 8.16. The van der Waals surface area contributed by atoms with Gasteiger partial charge in [-0.25, -0.2) is 0 Å². The minimum Gasteiger partial charge on any atom is -0.316 e. The standard InChI is InChI=1S/C36H60N2P2/c1-33(2,3)28-16-30(35-18-23-13-24(19-35)15-25(14-23)32(35)22-39)31(17-29(28)34(4,5)6)36(40,26-9-7-11-37-20-26)27-10-8-12-38-21-27/h16-17,23-27,32,37-38H,7-15,18-22,39-40H2,1-6H3. The van der Waals surface area contributed by atoms with E-state index in [4.69, 9.17) is 0 Å². The maximum Gasteiger partial charge on any atom is 0.0181 e. The van der Waals surface area contributed by atoms with Crippen LogP contribution in [0.2, 0.25) is 0 Å². The second-order valence-electron chi connectivity index (χ2n) is 17.1. The molecule has 2 N–H and O–H groups in total. The lowest BCUT2D eigenvalue weighted by molar-refractivity contribution is -0.0527. The van der Waals surface area contributed by atoms with Crippen LogP contribution >= 0.6 is 18.5 Å². The van der Waals surface area contributed by atoms with E-state index in [-0.39, 0.29) is 16.0 Å². The van der Waals surface area contributed by atoms with Crippen LogP contribution in [0.25, 0.3) is 0 Å². The van der Waals surface area contributed by atoms with Gasteiger partial charge in [-0.15, -0.1) is 18.5 Å². The number of benzene rings is 1. The average molecular weight is 583 g/mol. The highest BCUT2D eigenvalue weighted by molar-refractivity contribution is 7.18. The normalized spacial score (nSPS) is 37.9. The van der Waals surface area contributed by atoms with E-state index in [0.29, 0.717) is 17.3 Å². The van der Waals surface area contributed by atoms with Crippen LogP contribution in [-0.4, -0.2) is 32.3 Å². The summed E-state index contributed by atoms with van der Waals surface area (Å²) in [5.74, 6) is 5.00. The Morgan fingerprint density at radius 2 is 1.30 bits per heavy atom. The van der Waals surface area contributed by atoms with Crippen LogP contribution in [0.15, 0.2) is 12.1 Å². The van der Waals surface area contributed by atoms with Crippen molar-refractivity contribution < 1.29 is 0 Å². The summed E-state index contributed by atoms with van der Waals surface area (Å²) >= 11 is 0. The molecule has 0 spiro atoms. The zero-order chi connectivity index (χ0) is 28.5. The monoisotopic (exact) mass is 582 g/mol. The van der Waals surface area contributed by atoms with Crippen LogP contribution in [-0.2, 0) is 21.4 Å². The molecule has 6 fully saturated rings. The lowest BCUT2D eigenvalue weighted by Crippen LogP contribution is -2.57. The lowest BCUT2D eigenvalue weighted by Gasteiger charge is -2.63. The molecular formula is C36H60N2P2. The van der Waals surface area contributed by atoms with Crippen molar-refractivity contribution in [1.82, 2.24) is 10.6 Å². The van der Waals surface area contributed by atoms with Crippen molar-refractivity contribution in [3.05, 3.63) is 34.4 Å². The Balaban J connectivity index is 1.64. The number of nitrogens with one attached hydrogen (secondary N) is 2. The van der Waals surface area contributed by atoms with E-state index in [2.05, 4.69) is 82.8 Å². The SMILES string of the molecule is CC(C)(C)c1cc(C23CC4CC(CC(C4)C2CP)C3)c(C(P)(C2CCCNC2)C2CCCNC2)cc1C(C)(C)C. The van der Waals surface area contributed by atoms with Crippen molar-refractivity contribution in [3.8, 4) is 0 Å². The van der Waals surface area contributed by atoms with E-state index in [1.165, 1.54) is 90.1 Å². The fourth-order valence-electron chi connectivity index (χ4n) is 10.9. The van der Waals surface area contributed by atoms with Gasteiger partial charge in [0.05, 0.1) is 0 Å². The molecule has 6 aliphatic rings. The third-order valence-electron chi connectivity index (χ3n) is 12.5. The molecule has 7 rings (SSSR count). The van der Waals surface area contributed by atoms with E-state index in [1.54, 1.807) is 16.7 Å². The molecule has 40 heavy (non-hydrogen) atoms. The van der Waals surface area contributed by atoms with Gasteiger partial charge in [0.1, 0.15) is 0 Å². The molecule has 224 valence electrons. The quantitative estimate of drug-likeness (QED) is 0.345. The van der Waals surface area contributed by atoms with Crippen LogP contribution in [0.3, 0.4) is 0 Å². The number of hydrogen-bond donors (Lipinski definition) is 2. The molecule has 0 radical (unpaired) electrons. The largest absolute Gasteiger partial charge is 0.316 e. The molecule has 4 saturated carbocycles. The van der Waals surface area contributed by atoms with Crippen molar-refractivity contribution in [3.63, 3.8) is 0 Å². The topological polar surface area (TPSA) is 24.1 Å². The Morgan fingerprint density at radius 1 is 0.775 bits per heavy atom. The number of rotatable bonds is 5. The Hall–Kier alpha value is 0. The van der Waals surface area contributed by atoms with Crippen LogP contribution in [0, 0.1) is 35.5 Å². The van der Waals surface area contributed by atoms with E-state index in [1.807, 2.05) is 5.56 Å². The van der Waals surface area contributed by atoms with Gasteiger partial charge in [-0.1, -0.05) is 53.7 Å². The third kappa shape index (κ3) is 5.00. The second kappa shape index (κ2) is 10.9. The van der Waals surface area contributed by atoms with Gasteiger partial charge in [-0.2, -0.15) is 0 Å². The fraction of sp³-hybridized carbons (Fsp3) is 0.833. The molecule has 7 unspecified atom stereocenters. The predicted octanol–water partition coefficient (Wildman–Crippen LogP) is 7.92. The Labute approximate surface area is 251 Å². The van der Waals surface area contributed by atoms with E-state index >= 15 is 0 Å². The van der Waals surface area contributed by atoms with Crippen molar-refractivity contribution >= 4 is 18.5 Å². The molecular weight excluding hydrogens is 522 g/mol. The molecule has 2 heterocycles. The smallest absolute Gasteiger partial charge is 0.0181 e. The molecule has 1 aromatic carbocycles. The summed E-state index contributed by atoms with van der Waals surface area (Å²) in [6.07, 6.45) is 14.0. The van der Waals surface area contributed by atoms with Gasteiger partial charge in [0.25, 0.3) is 0 Å². The zero-order valence-electron chi connectivity index (χ0n) is 26.7. The van der Waals surface area contributed by atoms with Gasteiger partial charge in [0, 0.05) is 5.16 Å². The highest BCUT2D eigenvalue weighted by Gasteiger charge is 2.59. The molecule has 2 aliphatic heterocycles. The second-order valence-corrected chi connectivity index (χ2v) is 18.5. The van der Waals surface area contributed by atoms with E-state index in [0.717, 1.165) is 23.7 Å².